The number of rotatable bonds is 10. The molecule has 0 aliphatic rings. The Morgan fingerprint density at radius 2 is 0.625 bits per heavy atom. The van der Waals surface area contributed by atoms with Crippen LogP contribution in [0.25, 0.3) is 21.3 Å². The van der Waals surface area contributed by atoms with Crippen molar-refractivity contribution in [3.05, 3.63) is 255 Å². The molecule has 7 rings (SSSR count). The second-order valence-electron chi connectivity index (χ2n) is 12.6. The molecule has 6 nitrogen and oxygen atoms in total. The summed E-state index contributed by atoms with van der Waals surface area (Å²) in [7, 11) is 10.5. The van der Waals surface area contributed by atoms with Crippen LogP contribution in [0.4, 0.5) is 11.6 Å². The Labute approximate surface area is 350 Å². The van der Waals surface area contributed by atoms with E-state index in [0.717, 1.165) is 39.2 Å². The molecule has 0 unspecified atom stereocenters. The number of nitrogens with one attached hydrogen (secondary N) is 1. The van der Waals surface area contributed by atoms with Crippen molar-refractivity contribution in [2.24, 2.45) is 0 Å². The van der Waals surface area contributed by atoms with Gasteiger partial charge in [0.1, 0.15) is 5.54 Å². The van der Waals surface area contributed by atoms with E-state index in [9.17, 15) is 0 Å². The summed E-state index contributed by atoms with van der Waals surface area (Å²) < 4.78 is 0. The summed E-state index contributed by atoms with van der Waals surface area (Å²) in [5, 5.41) is 20.0. The molecule has 0 saturated carbocycles. The van der Waals surface area contributed by atoms with Crippen molar-refractivity contribution in [2.45, 2.75) is 11.1 Å². The normalized spacial score (nSPS) is 10.4. The predicted octanol–water partition coefficient (Wildman–Crippen LogP) is 12.3. The third-order valence-electron chi connectivity index (χ3n) is 8.53. The van der Waals surface area contributed by atoms with Crippen LogP contribution in [0.3, 0.4) is 0 Å². The van der Waals surface area contributed by atoms with Gasteiger partial charge in [-0.15, -0.1) is 0 Å². The number of pyridine rings is 1. The molecule has 1 aromatic heterocycles. The van der Waals surface area contributed by atoms with Crippen LogP contribution in [-0.4, -0.2) is 47.3 Å². The second kappa shape index (κ2) is 24.2. The van der Waals surface area contributed by atoms with Crippen molar-refractivity contribution in [1.29, 1.82) is 0 Å². The van der Waals surface area contributed by atoms with Crippen LogP contribution in [-0.2, 0) is 32.8 Å². The van der Waals surface area contributed by atoms with Crippen LogP contribution in [0.2, 0.25) is 0 Å². The molecule has 0 aliphatic heterocycles. The molecule has 0 radical (unpaired) electrons. The minimum atomic E-state index is -0.815. The van der Waals surface area contributed by atoms with Crippen LogP contribution in [0.1, 0.15) is 33.4 Å². The summed E-state index contributed by atoms with van der Waals surface area (Å²) in [5.74, 6) is 1.35. The van der Waals surface area contributed by atoms with Crippen molar-refractivity contribution in [3.8, 4) is 0 Å². The van der Waals surface area contributed by atoms with Gasteiger partial charge < -0.3 is 31.6 Å². The standard InChI is InChI=1S/C43H34N3.3C2H6N.Ti/c1-7-20-34(21-8-1)42(35-22-9-2-10-23-35,36-24-11-3-12-25-36)45-40-32-19-33-41(44-40)46-43(37-26-13-4-14-27-37,38-28-15-5-16-29-38)39-30-17-6-18-31-39;3*1-3-2;/h1-33H,(H-,44,45,46);3*1-2H3;/q4*-1;+4. The maximum absolute atomic E-state index is 5.56. The first-order valence-corrected chi connectivity index (χ1v) is 18.3. The summed E-state index contributed by atoms with van der Waals surface area (Å²) in [6.45, 7) is 0. The molecule has 0 bridgehead atoms. The van der Waals surface area contributed by atoms with Gasteiger partial charge in [-0.05, 0) is 39.4 Å². The molecular weight excluding hydrogens is 720 g/mol. The molecule has 0 aliphatic carbocycles. The van der Waals surface area contributed by atoms with Gasteiger partial charge in [-0.1, -0.05) is 200 Å². The Balaban J connectivity index is 0.000000770. The van der Waals surface area contributed by atoms with Crippen molar-refractivity contribution >= 4 is 11.6 Å². The zero-order valence-corrected chi connectivity index (χ0v) is 34.9. The first-order valence-electron chi connectivity index (χ1n) is 18.3. The van der Waals surface area contributed by atoms with E-state index in [4.69, 9.17) is 10.3 Å². The van der Waals surface area contributed by atoms with E-state index in [0.29, 0.717) is 5.82 Å². The maximum Gasteiger partial charge on any atom is 4.00 e. The van der Waals surface area contributed by atoms with Crippen LogP contribution in [0, 0.1) is 0 Å². The largest absolute Gasteiger partial charge is 4.00 e. The number of aromatic nitrogens is 1. The molecule has 1 N–H and O–H groups in total. The summed E-state index contributed by atoms with van der Waals surface area (Å²) >= 11 is 0. The van der Waals surface area contributed by atoms with Gasteiger partial charge in [0.15, 0.2) is 0 Å². The number of hydrogen-bond donors (Lipinski definition) is 1. The molecule has 0 atom stereocenters. The van der Waals surface area contributed by atoms with Crippen molar-refractivity contribution in [1.82, 2.24) is 4.98 Å². The van der Waals surface area contributed by atoms with Crippen molar-refractivity contribution in [3.63, 3.8) is 0 Å². The Hall–Kier alpha value is -5.34. The minimum Gasteiger partial charge on any atom is -0.668 e. The Morgan fingerprint density at radius 1 is 0.357 bits per heavy atom. The van der Waals surface area contributed by atoms with Gasteiger partial charge in [0, 0.05) is 5.82 Å². The van der Waals surface area contributed by atoms with E-state index in [1.165, 1.54) is 0 Å². The van der Waals surface area contributed by atoms with Crippen molar-refractivity contribution in [2.75, 3.05) is 47.6 Å². The van der Waals surface area contributed by atoms with Crippen LogP contribution >= 0.6 is 0 Å². The molecule has 282 valence electrons. The van der Waals surface area contributed by atoms with E-state index in [2.05, 4.69) is 185 Å². The number of benzene rings is 6. The molecule has 0 amide bonds. The molecule has 0 saturated heterocycles. The number of hydrogen-bond acceptors (Lipinski definition) is 2. The Morgan fingerprint density at radius 3 is 0.911 bits per heavy atom. The van der Waals surface area contributed by atoms with E-state index in [-0.39, 0.29) is 21.7 Å². The predicted molar refractivity (Wildman–Crippen MR) is 235 cm³/mol. The molecule has 7 aromatic rings. The van der Waals surface area contributed by atoms with Gasteiger partial charge in [-0.3, -0.25) is 0 Å². The number of nitrogens with zero attached hydrogens (tertiary/aromatic N) is 5. The van der Waals surface area contributed by atoms with Crippen molar-refractivity contribution < 1.29 is 21.7 Å². The quantitative estimate of drug-likeness (QED) is 0.111. The fourth-order valence-electron chi connectivity index (χ4n) is 6.43. The van der Waals surface area contributed by atoms with Crippen LogP contribution < -0.4 is 5.32 Å². The van der Waals surface area contributed by atoms with Crippen LogP contribution in [0.15, 0.2) is 200 Å². The number of anilines is 1. The van der Waals surface area contributed by atoms with Gasteiger partial charge in [-0.2, -0.15) is 42.3 Å². The van der Waals surface area contributed by atoms with Gasteiger partial charge in [-0.25, -0.2) is 0 Å². The Kier molecular flexibility index (Phi) is 19.5. The molecule has 1 heterocycles. The molecular formula is C49H52N6Ti. The zero-order chi connectivity index (χ0) is 39.2. The topological polar surface area (TPSA) is 81.3 Å². The average molecular weight is 773 g/mol. The van der Waals surface area contributed by atoms with Crippen LogP contribution in [0.5, 0.6) is 0 Å². The smallest absolute Gasteiger partial charge is 0.668 e. The fraction of sp³-hybridized carbons (Fsp3) is 0.163. The molecule has 6 aromatic carbocycles. The molecule has 7 heteroatoms. The fourth-order valence-corrected chi connectivity index (χ4v) is 6.43. The van der Waals surface area contributed by atoms with E-state index >= 15 is 0 Å². The van der Waals surface area contributed by atoms with Gasteiger partial charge >= 0.3 is 21.7 Å². The summed E-state index contributed by atoms with van der Waals surface area (Å²) in [6, 6.07) is 69.3. The molecule has 0 spiro atoms. The van der Waals surface area contributed by atoms with E-state index in [1.807, 2.05) is 36.4 Å². The Bertz CT molecular complexity index is 1690. The SMILES string of the molecule is C[N-]C.C[N-]C.C[N-]C.[Ti+4].c1ccc(C([N-]c2cccc(NC(c3ccccc3)(c3ccccc3)c3ccccc3)n2)(c2ccccc2)c2ccccc2)cc1. The van der Waals surface area contributed by atoms with Gasteiger partial charge in [0.05, 0.1) is 5.54 Å². The zero-order valence-electron chi connectivity index (χ0n) is 33.3. The third kappa shape index (κ3) is 11.4. The van der Waals surface area contributed by atoms with Gasteiger partial charge in [0.25, 0.3) is 0 Å². The van der Waals surface area contributed by atoms with E-state index in [1.54, 1.807) is 42.3 Å². The minimum absolute atomic E-state index is 0. The summed E-state index contributed by atoms with van der Waals surface area (Å²) in [4.78, 5) is 5.22. The first kappa shape index (κ1) is 45.1. The molecule has 56 heavy (non-hydrogen) atoms. The monoisotopic (exact) mass is 772 g/mol. The second-order valence-corrected chi connectivity index (χ2v) is 12.6. The summed E-state index contributed by atoms with van der Waals surface area (Å²) in [6.07, 6.45) is 0. The summed E-state index contributed by atoms with van der Waals surface area (Å²) in [5.41, 5.74) is 5.03. The first-order chi connectivity index (χ1) is 27.0. The molecule has 0 fully saturated rings. The van der Waals surface area contributed by atoms with Gasteiger partial charge in [0.2, 0.25) is 0 Å². The van der Waals surface area contributed by atoms with E-state index < -0.39 is 11.1 Å². The third-order valence-corrected chi connectivity index (χ3v) is 8.53. The average Bonchev–Trinajstić information content (AvgIpc) is 3.25. The maximum atomic E-state index is 5.56.